The van der Waals surface area contributed by atoms with E-state index in [-0.39, 0.29) is 12.0 Å². The second-order valence-corrected chi connectivity index (χ2v) is 5.27. The fraction of sp³-hybridized carbons (Fsp3) is 0.364. The van der Waals surface area contributed by atoms with Gasteiger partial charge in [0.2, 0.25) is 0 Å². The van der Waals surface area contributed by atoms with Gasteiger partial charge < -0.3 is 10.1 Å². The molecule has 1 saturated heterocycles. The van der Waals surface area contributed by atoms with Crippen LogP contribution in [0.25, 0.3) is 0 Å². The van der Waals surface area contributed by atoms with Gasteiger partial charge >= 0.3 is 0 Å². The Hall–Kier alpha value is -0.330. The number of carbonyl (C=O) groups is 1. The summed E-state index contributed by atoms with van der Waals surface area (Å²) in [4.78, 5) is 11.8. The molecule has 1 heterocycles. The Morgan fingerprint density at radius 3 is 3.00 bits per heavy atom. The van der Waals surface area contributed by atoms with Crippen molar-refractivity contribution in [3.8, 4) is 0 Å². The van der Waals surface area contributed by atoms with Gasteiger partial charge in [-0.2, -0.15) is 0 Å². The summed E-state index contributed by atoms with van der Waals surface area (Å²) in [5, 5.41) is 3.33. The van der Waals surface area contributed by atoms with Crippen LogP contribution in [0.3, 0.4) is 0 Å². The van der Waals surface area contributed by atoms with Gasteiger partial charge in [-0.05, 0) is 53.6 Å². The van der Waals surface area contributed by atoms with Gasteiger partial charge in [0.15, 0.2) is 0 Å². The van der Waals surface area contributed by atoms with Crippen molar-refractivity contribution in [2.75, 3.05) is 11.9 Å². The topological polar surface area (TPSA) is 38.3 Å². The van der Waals surface area contributed by atoms with Crippen LogP contribution < -0.4 is 5.32 Å². The van der Waals surface area contributed by atoms with Crippen LogP contribution in [0, 0.1) is 3.57 Å². The smallest absolute Gasteiger partial charge is 0.253 e. The van der Waals surface area contributed by atoms with Gasteiger partial charge in [-0.3, -0.25) is 4.79 Å². The molecule has 0 unspecified atom stereocenters. The SMILES string of the molecule is O=C(Nc1ccc(I)cc1Cl)[C@H]1CCCO1. The van der Waals surface area contributed by atoms with E-state index in [1.165, 1.54) is 0 Å². The van der Waals surface area contributed by atoms with Crippen LogP contribution in [0.5, 0.6) is 0 Å². The summed E-state index contributed by atoms with van der Waals surface area (Å²) in [6.07, 6.45) is 1.40. The molecule has 16 heavy (non-hydrogen) atoms. The van der Waals surface area contributed by atoms with Gasteiger partial charge in [0.05, 0.1) is 10.7 Å². The highest BCUT2D eigenvalue weighted by atomic mass is 127. The minimum absolute atomic E-state index is 0.111. The third kappa shape index (κ3) is 2.87. The number of halogens is 2. The molecule has 1 aliphatic heterocycles. The first-order chi connectivity index (χ1) is 7.66. The van der Waals surface area contributed by atoms with E-state index in [1.54, 1.807) is 6.07 Å². The standard InChI is InChI=1S/C11H11ClINO2/c12-8-6-7(13)3-4-9(8)14-11(15)10-2-1-5-16-10/h3-4,6,10H,1-2,5H2,(H,14,15)/t10-/m1/s1. The number of ether oxygens (including phenoxy) is 1. The molecule has 1 N–H and O–H groups in total. The molecule has 0 bridgehead atoms. The van der Waals surface area contributed by atoms with E-state index in [4.69, 9.17) is 16.3 Å². The predicted octanol–water partition coefficient (Wildman–Crippen LogP) is 3.06. The zero-order valence-electron chi connectivity index (χ0n) is 8.50. The lowest BCUT2D eigenvalue weighted by Crippen LogP contribution is -2.26. The van der Waals surface area contributed by atoms with E-state index < -0.39 is 0 Å². The van der Waals surface area contributed by atoms with Crippen LogP contribution in [0.1, 0.15) is 12.8 Å². The Labute approximate surface area is 113 Å². The molecule has 3 nitrogen and oxygen atoms in total. The van der Waals surface area contributed by atoms with Crippen molar-refractivity contribution in [2.45, 2.75) is 18.9 Å². The minimum atomic E-state index is -0.324. The predicted molar refractivity (Wildman–Crippen MR) is 71.8 cm³/mol. The van der Waals surface area contributed by atoms with E-state index in [1.807, 2.05) is 12.1 Å². The number of benzene rings is 1. The first-order valence-corrected chi connectivity index (χ1v) is 6.50. The van der Waals surface area contributed by atoms with Crippen molar-refractivity contribution in [1.29, 1.82) is 0 Å². The zero-order valence-corrected chi connectivity index (χ0v) is 11.4. The van der Waals surface area contributed by atoms with Gasteiger partial charge in [0, 0.05) is 10.2 Å². The maximum Gasteiger partial charge on any atom is 0.253 e. The van der Waals surface area contributed by atoms with E-state index >= 15 is 0 Å². The molecule has 1 fully saturated rings. The number of hydrogen-bond donors (Lipinski definition) is 1. The highest BCUT2D eigenvalue weighted by Gasteiger charge is 2.23. The van der Waals surface area contributed by atoms with Crippen molar-refractivity contribution in [2.24, 2.45) is 0 Å². The summed E-state index contributed by atoms with van der Waals surface area (Å²) in [7, 11) is 0. The van der Waals surface area contributed by atoms with Crippen molar-refractivity contribution in [1.82, 2.24) is 0 Å². The Balaban J connectivity index is 2.05. The quantitative estimate of drug-likeness (QED) is 0.832. The van der Waals surface area contributed by atoms with Crippen LogP contribution in [0.2, 0.25) is 5.02 Å². The first kappa shape index (κ1) is 12.1. The fourth-order valence-electron chi connectivity index (χ4n) is 1.59. The zero-order chi connectivity index (χ0) is 11.5. The average molecular weight is 352 g/mol. The molecule has 1 aromatic carbocycles. The number of rotatable bonds is 2. The monoisotopic (exact) mass is 351 g/mol. The van der Waals surface area contributed by atoms with Crippen LogP contribution in [-0.2, 0) is 9.53 Å². The van der Waals surface area contributed by atoms with Crippen molar-refractivity contribution in [3.63, 3.8) is 0 Å². The molecule has 1 aromatic rings. The van der Waals surface area contributed by atoms with Crippen LogP contribution in [0.4, 0.5) is 5.69 Å². The molecular weight excluding hydrogens is 340 g/mol. The maximum atomic E-state index is 11.8. The average Bonchev–Trinajstić information content (AvgIpc) is 2.75. The second-order valence-electron chi connectivity index (χ2n) is 3.62. The molecule has 5 heteroatoms. The largest absolute Gasteiger partial charge is 0.368 e. The highest BCUT2D eigenvalue weighted by Crippen LogP contribution is 2.24. The van der Waals surface area contributed by atoms with Gasteiger partial charge in [-0.1, -0.05) is 11.6 Å². The summed E-state index contributed by atoms with van der Waals surface area (Å²) in [5.74, 6) is -0.111. The molecule has 1 atom stereocenters. The second kappa shape index (κ2) is 5.33. The molecule has 0 radical (unpaired) electrons. The van der Waals surface area contributed by atoms with Crippen LogP contribution in [-0.4, -0.2) is 18.6 Å². The summed E-state index contributed by atoms with van der Waals surface area (Å²) in [6, 6.07) is 5.52. The molecule has 1 amide bonds. The first-order valence-electron chi connectivity index (χ1n) is 5.04. The van der Waals surface area contributed by atoms with Gasteiger partial charge in [0.25, 0.3) is 5.91 Å². The van der Waals surface area contributed by atoms with Crippen LogP contribution in [0.15, 0.2) is 18.2 Å². The molecule has 0 aliphatic carbocycles. The van der Waals surface area contributed by atoms with Gasteiger partial charge in [0.1, 0.15) is 6.10 Å². The number of nitrogens with one attached hydrogen (secondary N) is 1. The normalized spacial score (nSPS) is 19.8. The number of carbonyl (C=O) groups excluding carboxylic acids is 1. The third-order valence-electron chi connectivity index (χ3n) is 2.41. The molecule has 86 valence electrons. The fourth-order valence-corrected chi connectivity index (χ4v) is 2.49. The number of anilines is 1. The van der Waals surface area contributed by atoms with E-state index in [0.717, 1.165) is 16.4 Å². The van der Waals surface area contributed by atoms with Crippen LogP contribution >= 0.6 is 34.2 Å². The highest BCUT2D eigenvalue weighted by molar-refractivity contribution is 14.1. The molecule has 2 rings (SSSR count). The molecule has 0 saturated carbocycles. The molecule has 0 aromatic heterocycles. The van der Waals surface area contributed by atoms with E-state index in [0.29, 0.717) is 17.3 Å². The molecule has 0 spiro atoms. The number of hydrogen-bond acceptors (Lipinski definition) is 2. The number of amides is 1. The molecular formula is C11H11ClINO2. The maximum absolute atomic E-state index is 11.8. The Kier molecular flexibility index (Phi) is 4.05. The minimum Gasteiger partial charge on any atom is -0.368 e. The van der Waals surface area contributed by atoms with Crippen molar-refractivity contribution in [3.05, 3.63) is 26.8 Å². The summed E-state index contributed by atoms with van der Waals surface area (Å²) < 4.78 is 6.33. The van der Waals surface area contributed by atoms with E-state index in [9.17, 15) is 4.79 Å². The lowest BCUT2D eigenvalue weighted by molar-refractivity contribution is -0.124. The van der Waals surface area contributed by atoms with Gasteiger partial charge in [-0.25, -0.2) is 0 Å². The third-order valence-corrected chi connectivity index (χ3v) is 3.39. The summed E-state index contributed by atoms with van der Waals surface area (Å²) >= 11 is 8.19. The lowest BCUT2D eigenvalue weighted by atomic mass is 10.2. The molecule has 1 aliphatic rings. The Morgan fingerprint density at radius 2 is 2.38 bits per heavy atom. The van der Waals surface area contributed by atoms with E-state index in [2.05, 4.69) is 27.9 Å². The van der Waals surface area contributed by atoms with Crippen molar-refractivity contribution < 1.29 is 9.53 Å². The Bertz CT molecular complexity index is 405. The Morgan fingerprint density at radius 1 is 1.56 bits per heavy atom. The van der Waals surface area contributed by atoms with Gasteiger partial charge in [-0.15, -0.1) is 0 Å². The summed E-state index contributed by atoms with van der Waals surface area (Å²) in [6.45, 7) is 0.665. The summed E-state index contributed by atoms with van der Waals surface area (Å²) in [5.41, 5.74) is 0.641. The lowest BCUT2D eigenvalue weighted by Gasteiger charge is -2.11. The van der Waals surface area contributed by atoms with Crippen molar-refractivity contribution >= 4 is 45.8 Å².